The molecule has 0 spiro atoms. The fourth-order valence-corrected chi connectivity index (χ4v) is 4.77. The number of benzene rings is 3. The summed E-state index contributed by atoms with van der Waals surface area (Å²) in [6.45, 7) is 4.61. The molecule has 0 fully saturated rings. The monoisotopic (exact) mass is 519 g/mol. The van der Waals surface area contributed by atoms with Crippen molar-refractivity contribution in [1.82, 2.24) is 9.88 Å². The zero-order valence-electron chi connectivity index (χ0n) is 20.3. The summed E-state index contributed by atoms with van der Waals surface area (Å²) in [6, 6.07) is 12.7. The molecule has 38 heavy (non-hydrogen) atoms. The smallest absolute Gasteiger partial charge is 0.307 e. The van der Waals surface area contributed by atoms with Gasteiger partial charge >= 0.3 is 5.97 Å². The number of rotatable bonds is 8. The average molecular weight is 520 g/mol. The van der Waals surface area contributed by atoms with Gasteiger partial charge < -0.3 is 19.7 Å². The van der Waals surface area contributed by atoms with Gasteiger partial charge in [-0.05, 0) is 53.6 Å². The lowest BCUT2D eigenvalue weighted by Crippen LogP contribution is -2.31. The highest BCUT2D eigenvalue weighted by atomic mass is 19.1. The largest absolute Gasteiger partial charge is 0.481 e. The highest BCUT2D eigenvalue weighted by Crippen LogP contribution is 2.35. The second-order valence-corrected chi connectivity index (χ2v) is 9.09. The number of nitrogens with one attached hydrogen (secondary N) is 1. The quantitative estimate of drug-likeness (QED) is 0.274. The molecule has 6 nitrogen and oxygen atoms in total. The first-order valence-electron chi connectivity index (χ1n) is 12.0. The van der Waals surface area contributed by atoms with E-state index in [-0.39, 0.29) is 23.1 Å². The van der Waals surface area contributed by atoms with Gasteiger partial charge in [-0.1, -0.05) is 24.3 Å². The van der Waals surface area contributed by atoms with E-state index in [1.165, 1.54) is 24.4 Å². The Bertz CT molecular complexity index is 1580. The number of aromatic nitrogens is 1. The van der Waals surface area contributed by atoms with Crippen LogP contribution in [-0.4, -0.2) is 34.2 Å². The molecule has 0 saturated carbocycles. The topological polar surface area (TPSA) is 77.9 Å². The van der Waals surface area contributed by atoms with E-state index in [0.29, 0.717) is 36.3 Å². The molecule has 0 unspecified atom stereocenters. The third-order valence-electron chi connectivity index (χ3n) is 6.63. The summed E-state index contributed by atoms with van der Waals surface area (Å²) in [5, 5.41) is 9.30. The van der Waals surface area contributed by atoms with E-state index in [9.17, 15) is 13.6 Å². The maximum Gasteiger partial charge on any atom is 0.307 e. The first-order valence-corrected chi connectivity index (χ1v) is 12.0. The molecular weight excluding hydrogens is 495 g/mol. The van der Waals surface area contributed by atoms with Crippen molar-refractivity contribution in [1.29, 1.82) is 0 Å². The van der Waals surface area contributed by atoms with Gasteiger partial charge in [-0.25, -0.2) is 13.2 Å². The minimum absolute atomic E-state index is 0.115. The van der Waals surface area contributed by atoms with Gasteiger partial charge in [-0.2, -0.15) is 0 Å². The molecule has 194 valence electrons. The fraction of sp³-hybridized carbons (Fsp3) is 0.172. The van der Waals surface area contributed by atoms with Crippen LogP contribution in [0.15, 0.2) is 71.6 Å². The Hall–Kier alpha value is -4.53. The fourth-order valence-electron chi connectivity index (χ4n) is 4.77. The van der Waals surface area contributed by atoms with Crippen LogP contribution in [0.5, 0.6) is 11.5 Å². The standard InChI is InChI=1S/C29H24F3N3O3/c1-33-15-21(11-18-3-2-4-19(27(18)31)13-26(36)37)35-10-8-17-5-6-22(12-20(17)16-35)38-29-24(30)14-25-23(28(29)32)7-9-34-25/h2-7,9,12,14-15,34H,1,8,10-11,13,16H2,(H,36,37)/b21-15-. The number of nitrogens with zero attached hydrogens (tertiary/aromatic N) is 2. The number of ether oxygens (including phenoxy) is 1. The highest BCUT2D eigenvalue weighted by molar-refractivity contribution is 5.82. The second-order valence-electron chi connectivity index (χ2n) is 9.09. The molecule has 3 aromatic carbocycles. The van der Waals surface area contributed by atoms with E-state index in [1.807, 2.05) is 11.0 Å². The van der Waals surface area contributed by atoms with Gasteiger partial charge in [-0.3, -0.25) is 9.79 Å². The van der Waals surface area contributed by atoms with Crippen molar-refractivity contribution in [2.75, 3.05) is 6.54 Å². The van der Waals surface area contributed by atoms with Crippen LogP contribution in [0.1, 0.15) is 22.3 Å². The second kappa shape index (κ2) is 10.5. The summed E-state index contributed by atoms with van der Waals surface area (Å²) < 4.78 is 50.2. The highest BCUT2D eigenvalue weighted by Gasteiger charge is 2.22. The molecule has 0 bridgehead atoms. The zero-order chi connectivity index (χ0) is 26.8. The molecule has 2 heterocycles. The van der Waals surface area contributed by atoms with E-state index >= 15 is 4.39 Å². The number of aliphatic carboxylic acids is 1. The zero-order valence-corrected chi connectivity index (χ0v) is 20.3. The predicted octanol–water partition coefficient (Wildman–Crippen LogP) is 6.15. The van der Waals surface area contributed by atoms with Gasteiger partial charge in [0, 0.05) is 49.1 Å². The van der Waals surface area contributed by atoms with Crippen LogP contribution in [0.3, 0.4) is 0 Å². The van der Waals surface area contributed by atoms with Crippen molar-refractivity contribution in [3.8, 4) is 11.5 Å². The Labute approximate surface area is 216 Å². The lowest BCUT2D eigenvalue weighted by atomic mass is 9.97. The normalized spacial score (nSPS) is 13.4. The maximum absolute atomic E-state index is 15.0. The number of hydrogen-bond donors (Lipinski definition) is 2. The van der Waals surface area contributed by atoms with Gasteiger partial charge in [0.05, 0.1) is 11.9 Å². The van der Waals surface area contributed by atoms with Crippen LogP contribution in [0, 0.1) is 17.5 Å². The van der Waals surface area contributed by atoms with Crippen molar-refractivity contribution in [3.05, 3.63) is 106 Å². The van der Waals surface area contributed by atoms with Gasteiger partial charge in [0.15, 0.2) is 17.4 Å². The number of aromatic amines is 1. The molecule has 5 rings (SSSR count). The molecule has 0 saturated heterocycles. The molecule has 0 amide bonds. The van der Waals surface area contributed by atoms with Crippen molar-refractivity contribution >= 4 is 23.6 Å². The van der Waals surface area contributed by atoms with Crippen LogP contribution in [-0.2, 0) is 30.6 Å². The van der Waals surface area contributed by atoms with E-state index in [4.69, 9.17) is 9.84 Å². The Morgan fingerprint density at radius 1 is 1.08 bits per heavy atom. The summed E-state index contributed by atoms with van der Waals surface area (Å²) in [6.07, 6.45) is 3.56. The van der Waals surface area contributed by atoms with E-state index in [1.54, 1.807) is 30.5 Å². The number of H-pyrrole nitrogens is 1. The third-order valence-corrected chi connectivity index (χ3v) is 6.63. The molecule has 4 aromatic rings. The van der Waals surface area contributed by atoms with Gasteiger partial charge in [-0.15, -0.1) is 0 Å². The van der Waals surface area contributed by atoms with Gasteiger partial charge in [0.2, 0.25) is 0 Å². The van der Waals surface area contributed by atoms with Crippen LogP contribution < -0.4 is 4.74 Å². The molecular formula is C29H24F3N3O3. The molecule has 0 aliphatic carbocycles. The predicted molar refractivity (Wildman–Crippen MR) is 138 cm³/mol. The molecule has 1 aliphatic heterocycles. The molecule has 1 aliphatic rings. The lowest BCUT2D eigenvalue weighted by molar-refractivity contribution is -0.136. The number of hydrogen-bond acceptors (Lipinski definition) is 4. The van der Waals surface area contributed by atoms with Crippen molar-refractivity contribution < 1.29 is 27.8 Å². The van der Waals surface area contributed by atoms with Crippen LogP contribution in [0.4, 0.5) is 13.2 Å². The number of carboxylic acids is 1. The SMILES string of the molecule is C=N/C=C(/Cc1cccc(CC(=O)O)c1F)N1CCc2ccc(Oc3c(F)cc4[nH]ccc4c3F)cc2C1. The average Bonchev–Trinajstić information content (AvgIpc) is 3.36. The summed E-state index contributed by atoms with van der Waals surface area (Å²) >= 11 is 0. The van der Waals surface area contributed by atoms with E-state index in [2.05, 4.69) is 16.7 Å². The molecule has 0 radical (unpaired) electrons. The first-order chi connectivity index (χ1) is 18.3. The van der Waals surface area contributed by atoms with Gasteiger partial charge in [0.25, 0.3) is 0 Å². The van der Waals surface area contributed by atoms with Crippen LogP contribution in [0.25, 0.3) is 10.9 Å². The van der Waals surface area contributed by atoms with Crippen LogP contribution >= 0.6 is 0 Å². The Kier molecular flexibility index (Phi) is 6.91. The number of carbonyl (C=O) groups is 1. The molecule has 2 N–H and O–H groups in total. The molecule has 0 atom stereocenters. The number of fused-ring (bicyclic) bond motifs is 2. The Morgan fingerprint density at radius 2 is 1.87 bits per heavy atom. The minimum atomic E-state index is -1.11. The maximum atomic E-state index is 15.0. The first kappa shape index (κ1) is 25.1. The molecule has 9 heteroatoms. The number of allylic oxidation sites excluding steroid dienone is 1. The third kappa shape index (κ3) is 5.00. The summed E-state index contributed by atoms with van der Waals surface area (Å²) in [4.78, 5) is 19.8. The summed E-state index contributed by atoms with van der Waals surface area (Å²) in [5.41, 5.74) is 3.48. The van der Waals surface area contributed by atoms with E-state index in [0.717, 1.165) is 11.1 Å². The summed E-state index contributed by atoms with van der Waals surface area (Å²) in [7, 11) is 0. The van der Waals surface area contributed by atoms with Gasteiger partial charge in [0.1, 0.15) is 11.6 Å². The van der Waals surface area contributed by atoms with Crippen molar-refractivity contribution in [3.63, 3.8) is 0 Å². The van der Waals surface area contributed by atoms with E-state index < -0.39 is 35.6 Å². The van der Waals surface area contributed by atoms with Crippen LogP contribution in [0.2, 0.25) is 0 Å². The number of carboxylic acid groups (broad SMARTS) is 1. The number of halogens is 3. The van der Waals surface area contributed by atoms with Crippen molar-refractivity contribution in [2.45, 2.75) is 25.8 Å². The summed E-state index contributed by atoms with van der Waals surface area (Å²) in [5.74, 6) is -3.44. The van der Waals surface area contributed by atoms with Crippen molar-refractivity contribution in [2.24, 2.45) is 4.99 Å². The lowest BCUT2D eigenvalue weighted by Gasteiger charge is -2.33. The Morgan fingerprint density at radius 3 is 2.63 bits per heavy atom. The number of aliphatic imine (C=N–C) groups is 1. The Balaban J connectivity index is 1.38. The molecule has 1 aromatic heterocycles. The minimum Gasteiger partial charge on any atom is -0.481 e.